The fraction of sp³-hybridized carbons (Fsp3) is 0.409. The number of rotatable bonds is 7. The molecule has 2 amide bonds. The van der Waals surface area contributed by atoms with E-state index in [1.54, 1.807) is 0 Å². The van der Waals surface area contributed by atoms with Crippen LogP contribution in [-0.4, -0.2) is 31.1 Å². The molecule has 0 saturated heterocycles. The molecular weight excluding hydrogens is 338 g/mol. The van der Waals surface area contributed by atoms with E-state index in [2.05, 4.69) is 27.7 Å². The van der Waals surface area contributed by atoms with E-state index in [1.807, 2.05) is 50.5 Å². The van der Waals surface area contributed by atoms with Crippen molar-refractivity contribution >= 4 is 11.7 Å². The van der Waals surface area contributed by atoms with Crippen molar-refractivity contribution in [1.29, 1.82) is 0 Å². The van der Waals surface area contributed by atoms with E-state index in [4.69, 9.17) is 4.74 Å². The molecule has 1 fully saturated rings. The first-order valence-electron chi connectivity index (χ1n) is 9.62. The highest BCUT2D eigenvalue weighted by Crippen LogP contribution is 2.25. The van der Waals surface area contributed by atoms with Gasteiger partial charge in [0.05, 0.1) is 6.10 Å². The lowest BCUT2D eigenvalue weighted by Gasteiger charge is -2.14. The Labute approximate surface area is 161 Å². The first kappa shape index (κ1) is 19.2. The van der Waals surface area contributed by atoms with Crippen LogP contribution in [-0.2, 0) is 13.1 Å². The Hall–Kier alpha value is -2.53. The molecule has 0 spiro atoms. The maximum Gasteiger partial charge on any atom is 0.319 e. The van der Waals surface area contributed by atoms with Gasteiger partial charge in [-0.2, -0.15) is 0 Å². The number of hydrogen-bond donors (Lipinski definition) is 2. The van der Waals surface area contributed by atoms with Gasteiger partial charge in [0.15, 0.2) is 0 Å². The van der Waals surface area contributed by atoms with Crippen LogP contribution >= 0.6 is 0 Å². The molecule has 0 unspecified atom stereocenters. The highest BCUT2D eigenvalue weighted by molar-refractivity contribution is 5.89. The van der Waals surface area contributed by atoms with Gasteiger partial charge in [-0.25, -0.2) is 4.79 Å². The van der Waals surface area contributed by atoms with E-state index < -0.39 is 0 Å². The van der Waals surface area contributed by atoms with Gasteiger partial charge in [0.2, 0.25) is 0 Å². The van der Waals surface area contributed by atoms with Crippen molar-refractivity contribution in [3.05, 3.63) is 59.7 Å². The van der Waals surface area contributed by atoms with Crippen LogP contribution in [0, 0.1) is 0 Å². The van der Waals surface area contributed by atoms with E-state index in [9.17, 15) is 4.79 Å². The smallest absolute Gasteiger partial charge is 0.319 e. The average Bonchev–Trinajstić information content (AvgIpc) is 3.15. The molecule has 144 valence electrons. The lowest BCUT2D eigenvalue weighted by Crippen LogP contribution is -2.28. The molecule has 2 aromatic rings. The van der Waals surface area contributed by atoms with Crippen molar-refractivity contribution in [3.63, 3.8) is 0 Å². The van der Waals surface area contributed by atoms with Crippen LogP contribution in [0.5, 0.6) is 5.75 Å². The van der Waals surface area contributed by atoms with Gasteiger partial charge in [0, 0.05) is 18.8 Å². The standard InChI is InChI=1S/C22H29N3O2/c1-25(2)16-18-9-7-17(8-10-18)15-23-22(26)24-19-11-13-21(14-12-19)27-20-5-3-4-6-20/h7-14,20H,3-6,15-16H2,1-2H3,(H2,23,24,26). The largest absolute Gasteiger partial charge is 0.490 e. The predicted molar refractivity (Wildman–Crippen MR) is 109 cm³/mol. The van der Waals surface area contributed by atoms with Crippen molar-refractivity contribution < 1.29 is 9.53 Å². The van der Waals surface area contributed by atoms with E-state index in [0.717, 1.165) is 36.4 Å². The minimum atomic E-state index is -0.211. The molecule has 0 aromatic heterocycles. The molecular formula is C22H29N3O2. The molecule has 0 atom stereocenters. The molecule has 0 heterocycles. The number of nitrogens with zero attached hydrogens (tertiary/aromatic N) is 1. The highest BCUT2D eigenvalue weighted by atomic mass is 16.5. The Morgan fingerprint density at radius 1 is 1.00 bits per heavy atom. The molecule has 27 heavy (non-hydrogen) atoms. The molecule has 0 aliphatic heterocycles. The first-order chi connectivity index (χ1) is 13.1. The maximum absolute atomic E-state index is 12.1. The number of benzene rings is 2. The van der Waals surface area contributed by atoms with E-state index in [0.29, 0.717) is 12.6 Å². The second-order valence-corrected chi connectivity index (χ2v) is 7.41. The molecule has 1 saturated carbocycles. The van der Waals surface area contributed by atoms with E-state index in [1.165, 1.54) is 18.4 Å². The average molecular weight is 367 g/mol. The summed E-state index contributed by atoms with van der Waals surface area (Å²) in [5.41, 5.74) is 3.09. The van der Waals surface area contributed by atoms with Crippen molar-refractivity contribution in [2.45, 2.75) is 44.9 Å². The van der Waals surface area contributed by atoms with Gasteiger partial charge in [0.25, 0.3) is 0 Å². The van der Waals surface area contributed by atoms with Crippen molar-refractivity contribution in [1.82, 2.24) is 10.2 Å². The molecule has 0 radical (unpaired) electrons. The molecule has 2 aromatic carbocycles. The Morgan fingerprint density at radius 2 is 1.63 bits per heavy atom. The SMILES string of the molecule is CN(C)Cc1ccc(CNC(=O)Nc2ccc(OC3CCCC3)cc2)cc1. The molecule has 3 rings (SSSR count). The Balaban J connectivity index is 1.43. The molecule has 5 nitrogen and oxygen atoms in total. The van der Waals surface area contributed by atoms with Gasteiger partial charge < -0.3 is 20.3 Å². The van der Waals surface area contributed by atoms with Crippen LogP contribution in [0.2, 0.25) is 0 Å². The third-order valence-electron chi connectivity index (χ3n) is 4.69. The summed E-state index contributed by atoms with van der Waals surface area (Å²) in [5, 5.41) is 5.75. The van der Waals surface area contributed by atoms with Crippen LogP contribution in [0.25, 0.3) is 0 Å². The zero-order chi connectivity index (χ0) is 19.1. The summed E-state index contributed by atoms with van der Waals surface area (Å²) in [7, 11) is 4.10. The topological polar surface area (TPSA) is 53.6 Å². The van der Waals surface area contributed by atoms with Gasteiger partial charge in [0.1, 0.15) is 5.75 Å². The Kier molecular flexibility index (Phi) is 6.71. The highest BCUT2D eigenvalue weighted by Gasteiger charge is 2.16. The van der Waals surface area contributed by atoms with Crippen molar-refractivity contribution in [2.24, 2.45) is 0 Å². The van der Waals surface area contributed by atoms with Crippen LogP contribution in [0.1, 0.15) is 36.8 Å². The molecule has 1 aliphatic carbocycles. The van der Waals surface area contributed by atoms with Gasteiger partial charge >= 0.3 is 6.03 Å². The van der Waals surface area contributed by atoms with Crippen molar-refractivity contribution in [2.75, 3.05) is 19.4 Å². The predicted octanol–water partition coefficient (Wildman–Crippen LogP) is 4.39. The van der Waals surface area contributed by atoms with Crippen LogP contribution in [0.4, 0.5) is 10.5 Å². The molecule has 2 N–H and O–H groups in total. The van der Waals surface area contributed by atoms with E-state index >= 15 is 0 Å². The number of anilines is 1. The number of carbonyl (C=O) groups is 1. The summed E-state index contributed by atoms with van der Waals surface area (Å²) >= 11 is 0. The fourth-order valence-electron chi connectivity index (χ4n) is 3.30. The van der Waals surface area contributed by atoms with Crippen LogP contribution in [0.3, 0.4) is 0 Å². The molecule has 0 bridgehead atoms. The third-order valence-corrected chi connectivity index (χ3v) is 4.69. The number of urea groups is 1. The lowest BCUT2D eigenvalue weighted by atomic mass is 10.1. The number of nitrogens with one attached hydrogen (secondary N) is 2. The summed E-state index contributed by atoms with van der Waals surface area (Å²) in [6, 6.07) is 15.7. The lowest BCUT2D eigenvalue weighted by molar-refractivity contribution is 0.210. The summed E-state index contributed by atoms with van der Waals surface area (Å²) in [6.07, 6.45) is 5.12. The Morgan fingerprint density at radius 3 is 2.26 bits per heavy atom. The van der Waals surface area contributed by atoms with Crippen molar-refractivity contribution in [3.8, 4) is 5.75 Å². The molecule has 1 aliphatic rings. The fourth-order valence-corrected chi connectivity index (χ4v) is 3.30. The number of amides is 2. The third kappa shape index (κ3) is 6.29. The first-order valence-corrected chi connectivity index (χ1v) is 9.62. The zero-order valence-corrected chi connectivity index (χ0v) is 16.2. The second-order valence-electron chi connectivity index (χ2n) is 7.41. The second kappa shape index (κ2) is 9.42. The van der Waals surface area contributed by atoms with Crippen LogP contribution < -0.4 is 15.4 Å². The summed E-state index contributed by atoms with van der Waals surface area (Å²) < 4.78 is 5.94. The summed E-state index contributed by atoms with van der Waals surface area (Å²) in [5.74, 6) is 0.866. The summed E-state index contributed by atoms with van der Waals surface area (Å²) in [4.78, 5) is 14.2. The number of ether oxygens (including phenoxy) is 1. The van der Waals surface area contributed by atoms with Gasteiger partial charge in [-0.1, -0.05) is 24.3 Å². The van der Waals surface area contributed by atoms with Gasteiger partial charge in [-0.15, -0.1) is 0 Å². The van der Waals surface area contributed by atoms with Gasteiger partial charge in [-0.05, 0) is 75.2 Å². The normalized spacial score (nSPS) is 14.3. The van der Waals surface area contributed by atoms with E-state index in [-0.39, 0.29) is 6.03 Å². The maximum atomic E-state index is 12.1. The van der Waals surface area contributed by atoms with Gasteiger partial charge in [-0.3, -0.25) is 0 Å². The minimum Gasteiger partial charge on any atom is -0.490 e. The van der Waals surface area contributed by atoms with Crippen LogP contribution in [0.15, 0.2) is 48.5 Å². The monoisotopic (exact) mass is 367 g/mol. The molecule has 5 heteroatoms. The quantitative estimate of drug-likeness (QED) is 0.763. The zero-order valence-electron chi connectivity index (χ0n) is 16.2. The number of hydrogen-bond acceptors (Lipinski definition) is 3. The Bertz CT molecular complexity index is 720. The number of carbonyl (C=O) groups excluding carboxylic acids is 1. The minimum absolute atomic E-state index is 0.211. The summed E-state index contributed by atoms with van der Waals surface area (Å²) in [6.45, 7) is 1.41.